The van der Waals surface area contributed by atoms with E-state index in [-0.39, 0.29) is 87.2 Å². The van der Waals surface area contributed by atoms with E-state index in [4.69, 9.17) is 18.9 Å². The summed E-state index contributed by atoms with van der Waals surface area (Å²) in [5.74, 6) is -19.1. The van der Waals surface area contributed by atoms with Crippen LogP contribution in [-0.4, -0.2) is 304 Å². The molecule has 0 bridgehead atoms. The van der Waals surface area contributed by atoms with Crippen molar-refractivity contribution < 1.29 is 115 Å². The second-order valence-corrected chi connectivity index (χ2v) is 40.2. The van der Waals surface area contributed by atoms with Crippen molar-refractivity contribution in [3.63, 3.8) is 0 Å². The number of esters is 2. The number of nitrogens with zero attached hydrogens (tertiary/aromatic N) is 7. The molecule has 5 aliphatic rings. The molecule has 21 atom stereocenters. The lowest BCUT2D eigenvalue weighted by molar-refractivity contribution is -0.220. The molecule has 131 heavy (non-hydrogen) atoms. The van der Waals surface area contributed by atoms with Crippen LogP contribution in [0.3, 0.4) is 0 Å². The van der Waals surface area contributed by atoms with Crippen molar-refractivity contribution in [2.45, 2.75) is 319 Å². The highest BCUT2D eigenvalue weighted by Gasteiger charge is 2.76. The third kappa shape index (κ3) is 26.0. The summed E-state index contributed by atoms with van der Waals surface area (Å²) < 4.78 is 40.0. The Hall–Kier alpha value is -9.74. The molecule has 4 aliphatic carbocycles. The molecule has 738 valence electrons. The monoisotopic (exact) mass is 1850 g/mol. The summed E-state index contributed by atoms with van der Waals surface area (Å²) in [5, 5.41) is 37.9. The predicted octanol–water partition coefficient (Wildman–Crippen LogP) is 6.31. The van der Waals surface area contributed by atoms with Crippen LogP contribution < -0.4 is 26.6 Å². The molecule has 35 nitrogen and oxygen atoms in total. The average Bonchev–Trinajstić information content (AvgIpc) is 1.56. The molecule has 0 aromatic rings. The Morgan fingerprint density at radius 3 is 1.65 bits per heavy atom. The van der Waals surface area contributed by atoms with Gasteiger partial charge in [-0.15, -0.1) is 0 Å². The number of halogens is 1. The Balaban J connectivity index is 1.49. The third-order valence-electron chi connectivity index (χ3n) is 27.5. The van der Waals surface area contributed by atoms with Crippen LogP contribution in [0.15, 0.2) is 36.0 Å². The van der Waals surface area contributed by atoms with Crippen molar-refractivity contribution in [1.29, 1.82) is 0 Å². The summed E-state index contributed by atoms with van der Waals surface area (Å²) in [6.45, 7) is 34.1. The Bertz CT molecular complexity index is 4240. The van der Waals surface area contributed by atoms with Gasteiger partial charge in [0.25, 0.3) is 0 Å². The fraction of sp³-hybridized carbons (Fsp3) is 0.758. The molecule has 36 heteroatoms. The number of ketones is 2. The molecule has 1 heterocycles. The van der Waals surface area contributed by atoms with E-state index < -0.39 is 270 Å². The van der Waals surface area contributed by atoms with Crippen LogP contribution in [0, 0.1) is 75.9 Å². The van der Waals surface area contributed by atoms with Gasteiger partial charge in [0.1, 0.15) is 78.2 Å². The number of carbonyl (C=O) groups excluding carboxylic acids is 17. The summed E-state index contributed by atoms with van der Waals surface area (Å²) in [6, 6.07) is -15.3. The van der Waals surface area contributed by atoms with Crippen LogP contribution in [0.1, 0.15) is 229 Å². The molecule has 5 rings (SSSR count). The van der Waals surface area contributed by atoms with E-state index in [1.54, 1.807) is 95.2 Å². The zero-order valence-electron chi connectivity index (χ0n) is 82.8. The maximum absolute atomic E-state index is 17.9. The van der Waals surface area contributed by atoms with Crippen LogP contribution >= 0.6 is 0 Å². The van der Waals surface area contributed by atoms with Crippen molar-refractivity contribution in [1.82, 2.24) is 60.9 Å². The molecule has 0 radical (unpaired) electrons. The van der Waals surface area contributed by atoms with Gasteiger partial charge in [-0.1, -0.05) is 148 Å². The third-order valence-corrected chi connectivity index (χ3v) is 27.5. The van der Waals surface area contributed by atoms with Gasteiger partial charge >= 0.3 is 18.1 Å². The Kier molecular flexibility index (Phi) is 40.3. The molecule has 9 unspecified atom stereocenters. The first-order chi connectivity index (χ1) is 60.7. The zero-order valence-corrected chi connectivity index (χ0v) is 82.8. The van der Waals surface area contributed by atoms with Crippen LogP contribution in [0.5, 0.6) is 0 Å². The number of carbonyl (C=O) groups is 17. The van der Waals surface area contributed by atoms with Gasteiger partial charge in [-0.05, 0) is 163 Å². The van der Waals surface area contributed by atoms with Gasteiger partial charge in [-0.25, -0.2) is 14.0 Å². The van der Waals surface area contributed by atoms with E-state index in [0.29, 0.717) is 12.0 Å². The molecule has 12 amide bonds. The number of hydrogen-bond acceptors (Lipinski definition) is 23. The normalized spacial score (nSPS) is 30.5. The number of aliphatic hydroxyl groups excluding tert-OH is 1. The van der Waals surface area contributed by atoms with Gasteiger partial charge in [0.15, 0.2) is 18.1 Å². The molecule has 0 aromatic carbocycles. The van der Waals surface area contributed by atoms with Gasteiger partial charge < -0.3 is 90.0 Å². The lowest BCUT2D eigenvalue weighted by atomic mass is 9.44. The molecule has 7 N–H and O–H groups in total. The standard InChI is InChI=1S/C95H153FN12O23/c1-30-32-33-57(17)79(131-91(126)130-49-129-74(114)37-36-72(112)100-76(55(13)14)90(125)128-48-71(111)95(127)58(18)44-64-63-35-34-61-45-62(109)38-39-92(61,21)94(63,96)70(110)46-93(64,95)22)78-83(118)99-65(31-2)85(120)102(23)47-73(113)103(24)66(40-50(3)4)82(117)101-75(54(11)12)88(123)104(25)67(41-51(5)6)81(116)97-59(19)80(115)98-60(20)84(119)105(26)68(42-52(7)8)86(121)106(27)69(43-53(9)10)87(122)107(28)77(56(15)16)89(124)108(78)29/h30,32,38-39,45,50-60,63-70,75-79,110,127H,31,33-37,40-44,46-49H2,1-29H3,(H,97,116)(H,98,115)(H,99,118)(H,100,112)(H,101,117)/t57-,58-,59?,60?,63?,64?,65-,66+,67-,68?,69-,70+,75?,76?,77?,78-,79?,92+,93+,94+,95+/m1/s1. The fourth-order valence-corrected chi connectivity index (χ4v) is 19.6. The largest absolute Gasteiger partial charge is 0.511 e. The Labute approximate surface area is 773 Å². The van der Waals surface area contributed by atoms with E-state index in [1.165, 1.54) is 96.1 Å². The fourth-order valence-electron chi connectivity index (χ4n) is 19.6. The van der Waals surface area contributed by atoms with Gasteiger partial charge in [0.2, 0.25) is 83.5 Å². The van der Waals surface area contributed by atoms with Crippen LogP contribution in [-0.2, 0) is 95.7 Å². The summed E-state index contributed by atoms with van der Waals surface area (Å²) in [4.78, 5) is 255. The minimum absolute atomic E-state index is 0.0129. The highest BCUT2D eigenvalue weighted by atomic mass is 19.1. The summed E-state index contributed by atoms with van der Waals surface area (Å²) in [5.41, 5.74) is -6.59. The van der Waals surface area contributed by atoms with Crippen LogP contribution in [0.2, 0.25) is 0 Å². The minimum Gasteiger partial charge on any atom is -0.456 e. The smallest absolute Gasteiger partial charge is 0.456 e. The first kappa shape index (κ1) is 112. The lowest BCUT2D eigenvalue weighted by Gasteiger charge is -2.62. The number of allylic oxidation sites excluding steroid dienone is 6. The maximum atomic E-state index is 17.9. The molecule has 1 aliphatic heterocycles. The second kappa shape index (κ2) is 47.3. The number of likely N-dealkylation sites (N-methyl/N-ethyl adjacent to an activating group) is 7. The van der Waals surface area contributed by atoms with Crippen molar-refractivity contribution >= 4 is 101 Å². The first-order valence-electron chi connectivity index (χ1n) is 46.4. The molecule has 0 aromatic heterocycles. The zero-order chi connectivity index (χ0) is 99.8. The highest BCUT2D eigenvalue weighted by Crippen LogP contribution is 2.71. The Morgan fingerprint density at radius 2 is 1.11 bits per heavy atom. The number of Topliss-reactive ketones (excluding diaryl/α,β-unsaturated/α-hetero) is 1. The molecular weight excluding hydrogens is 1700 g/mol. The number of alkyl halides is 1. The molecular formula is C95H153FN12O23. The van der Waals surface area contributed by atoms with E-state index in [1.807, 2.05) is 55.4 Å². The summed E-state index contributed by atoms with van der Waals surface area (Å²) in [7, 11) is 9.38. The van der Waals surface area contributed by atoms with E-state index in [2.05, 4.69) is 26.6 Å². The summed E-state index contributed by atoms with van der Waals surface area (Å²) in [6.07, 6.45) is 1.86. The SMILES string of the molecule is CC=CC[C@@H](C)C(OC(=O)OCOC(=O)CCC(=O)NC(C(=O)OCC(=O)[C@@]1(O)[C@H](C)CC2C3CCC4=CC(=O)C=C[C@]4(C)[C@@]3(F)[C@@H](O)C[C@@]21C)C(C)C)[C@@H]1C(=O)N[C@H](CC)C(=O)N(C)CC(=O)N(C)[C@@H](CC(C)C)C(=O)NC(C(C)C)C(=O)N(C)[C@H](CC(C)C)C(=O)NC(C)C(=O)NC(C)C(=O)N(C)C(CC(C)C)C(=O)N(C)[C@H](CC(C)C)C(=O)N(C)C(C(C)C)C(=O)N1C. The number of nitrogens with one attached hydrogen (secondary N) is 5. The van der Waals surface area contributed by atoms with E-state index >= 15 is 23.6 Å². The number of fused-ring (bicyclic) bond motifs is 5. The molecule has 4 fully saturated rings. The second-order valence-electron chi connectivity index (χ2n) is 40.2. The summed E-state index contributed by atoms with van der Waals surface area (Å²) >= 11 is 0. The van der Waals surface area contributed by atoms with E-state index in [9.17, 15) is 72.5 Å². The van der Waals surface area contributed by atoms with Crippen molar-refractivity contribution in [3.8, 4) is 0 Å². The first-order valence-corrected chi connectivity index (χ1v) is 46.4. The molecule has 1 saturated heterocycles. The molecule has 0 spiro atoms. The number of amides is 12. The lowest BCUT2D eigenvalue weighted by Crippen LogP contribution is -2.69. The van der Waals surface area contributed by atoms with Gasteiger partial charge in [0.05, 0.1) is 19.1 Å². The van der Waals surface area contributed by atoms with Gasteiger partial charge in [-0.3, -0.25) is 71.9 Å². The topological polar surface area (TPSA) is 450 Å². The van der Waals surface area contributed by atoms with Gasteiger partial charge in [0, 0.05) is 72.5 Å². The number of hydrogen-bond donors (Lipinski definition) is 7. The predicted molar refractivity (Wildman–Crippen MR) is 485 cm³/mol. The number of ether oxygens (including phenoxy) is 4. The van der Waals surface area contributed by atoms with Crippen LogP contribution in [0.4, 0.5) is 9.18 Å². The van der Waals surface area contributed by atoms with Crippen molar-refractivity contribution in [2.24, 2.45) is 75.9 Å². The minimum atomic E-state index is -2.24. The van der Waals surface area contributed by atoms with Crippen molar-refractivity contribution in [2.75, 3.05) is 69.3 Å². The molecule has 3 saturated carbocycles. The number of rotatable bonds is 27. The highest BCUT2D eigenvalue weighted by molar-refractivity contribution is 6.02. The number of aliphatic hydroxyl groups is 2. The van der Waals surface area contributed by atoms with E-state index in [0.717, 1.165) is 19.6 Å². The average molecular weight is 1850 g/mol. The van der Waals surface area contributed by atoms with Gasteiger partial charge in [-0.2, -0.15) is 0 Å². The van der Waals surface area contributed by atoms with Crippen LogP contribution in [0.25, 0.3) is 0 Å². The van der Waals surface area contributed by atoms with Crippen molar-refractivity contribution in [3.05, 3.63) is 36.0 Å². The quantitative estimate of drug-likeness (QED) is 0.0205. The Morgan fingerprint density at radius 1 is 0.595 bits per heavy atom. The maximum Gasteiger partial charge on any atom is 0.511 e.